The van der Waals surface area contributed by atoms with Crippen LogP contribution in [0.2, 0.25) is 0 Å². The first-order valence-corrected chi connectivity index (χ1v) is 14.6. The summed E-state index contributed by atoms with van der Waals surface area (Å²) in [4.78, 5) is 66.2. The number of carbonyl (C=O) groups is 5. The molecule has 0 bridgehead atoms. The Labute approximate surface area is 259 Å². The van der Waals surface area contributed by atoms with Crippen LogP contribution in [-0.2, 0) is 36.8 Å². The molecule has 3 rings (SSSR count). The van der Waals surface area contributed by atoms with E-state index in [4.69, 9.17) is 11.5 Å². The molecule has 0 saturated carbocycles. The zero-order chi connectivity index (χ0) is 32.9. The highest BCUT2D eigenvalue weighted by atomic mass is 16.4. The zero-order valence-electron chi connectivity index (χ0n) is 24.7. The maximum absolute atomic E-state index is 13.5. The van der Waals surface area contributed by atoms with Gasteiger partial charge in [-0.2, -0.15) is 0 Å². The molecule has 0 aliphatic heterocycles. The first-order chi connectivity index (χ1) is 21.5. The van der Waals surface area contributed by atoms with Gasteiger partial charge < -0.3 is 47.7 Å². The summed E-state index contributed by atoms with van der Waals surface area (Å²) in [7, 11) is 0. The van der Waals surface area contributed by atoms with E-state index in [1.165, 1.54) is 24.3 Å². The molecule has 11 N–H and O–H groups in total. The highest BCUT2D eigenvalue weighted by Gasteiger charge is 2.31. The molecule has 0 radical (unpaired) electrons. The average molecular weight is 625 g/mol. The molecule has 242 valence electrons. The van der Waals surface area contributed by atoms with Gasteiger partial charge in [0.2, 0.25) is 17.7 Å². The standard InChI is InChI=1S/C31H40N6O8/c32-14-4-3-7-25(31(44)45)36-30(43)26(15-18-8-10-20(38)11-9-18)37-29(42)24(12-13-27(39)40)35-28(41)22(33)16-19-17-34-23-6-2-1-5-21(19)23/h1-2,5-6,8-11,17,22,24-26,34,38H,3-4,7,12-16,32-33H2,(H,35,41)(H,36,43)(H,37,42)(H,39,40)(H,44,45). The molecular formula is C31H40N6O8. The number of aromatic hydroxyl groups is 1. The highest BCUT2D eigenvalue weighted by Crippen LogP contribution is 2.19. The van der Waals surface area contributed by atoms with E-state index in [1.54, 1.807) is 6.20 Å². The zero-order valence-corrected chi connectivity index (χ0v) is 24.7. The third-order valence-corrected chi connectivity index (χ3v) is 7.30. The largest absolute Gasteiger partial charge is 0.508 e. The first kappa shape index (κ1) is 34.5. The van der Waals surface area contributed by atoms with E-state index in [-0.39, 0.29) is 31.4 Å². The maximum Gasteiger partial charge on any atom is 0.326 e. The van der Waals surface area contributed by atoms with Crippen LogP contribution in [0.5, 0.6) is 5.75 Å². The number of fused-ring (bicyclic) bond motifs is 1. The normalized spacial score (nSPS) is 13.7. The van der Waals surface area contributed by atoms with Crippen molar-refractivity contribution in [3.63, 3.8) is 0 Å². The number of H-pyrrole nitrogens is 1. The minimum absolute atomic E-state index is 0.0185. The number of nitrogens with one attached hydrogen (secondary N) is 4. The van der Waals surface area contributed by atoms with E-state index in [1.807, 2.05) is 24.3 Å². The highest BCUT2D eigenvalue weighted by molar-refractivity contribution is 5.94. The monoisotopic (exact) mass is 624 g/mol. The Morgan fingerprint density at radius 1 is 0.778 bits per heavy atom. The number of aromatic nitrogens is 1. The molecule has 14 heteroatoms. The fourth-order valence-electron chi connectivity index (χ4n) is 4.82. The quantitative estimate of drug-likeness (QED) is 0.0887. The number of aliphatic carboxylic acids is 2. The summed E-state index contributed by atoms with van der Waals surface area (Å²) in [6.45, 7) is 0.356. The number of benzene rings is 2. The lowest BCUT2D eigenvalue weighted by Crippen LogP contribution is -2.57. The second kappa shape index (κ2) is 16.8. The second-order valence-electron chi connectivity index (χ2n) is 10.8. The number of carbonyl (C=O) groups excluding carboxylic acids is 3. The van der Waals surface area contributed by atoms with Gasteiger partial charge in [-0.25, -0.2) is 4.79 Å². The molecular weight excluding hydrogens is 584 g/mol. The third-order valence-electron chi connectivity index (χ3n) is 7.30. The van der Waals surface area contributed by atoms with Gasteiger partial charge in [0, 0.05) is 29.9 Å². The number of amides is 3. The lowest BCUT2D eigenvalue weighted by atomic mass is 10.0. The summed E-state index contributed by atoms with van der Waals surface area (Å²) in [5.74, 6) is -4.82. The van der Waals surface area contributed by atoms with Crippen molar-refractivity contribution in [1.29, 1.82) is 0 Å². The van der Waals surface area contributed by atoms with Crippen molar-refractivity contribution in [1.82, 2.24) is 20.9 Å². The predicted octanol–water partition coefficient (Wildman–Crippen LogP) is 0.519. The summed E-state index contributed by atoms with van der Waals surface area (Å²) in [6.07, 6.45) is 2.14. The Balaban J connectivity index is 1.77. The molecule has 4 atom stereocenters. The molecule has 3 aromatic rings. The van der Waals surface area contributed by atoms with Crippen molar-refractivity contribution < 1.29 is 39.3 Å². The first-order valence-electron chi connectivity index (χ1n) is 14.6. The Hall–Kier alpha value is -4.95. The van der Waals surface area contributed by atoms with Crippen LogP contribution in [0.1, 0.15) is 43.2 Å². The number of carboxylic acid groups (broad SMARTS) is 2. The van der Waals surface area contributed by atoms with Gasteiger partial charge in [0.05, 0.1) is 6.04 Å². The van der Waals surface area contributed by atoms with Crippen LogP contribution in [0.25, 0.3) is 10.9 Å². The van der Waals surface area contributed by atoms with Crippen molar-refractivity contribution >= 4 is 40.6 Å². The SMILES string of the molecule is NCCCCC(NC(=O)C(Cc1ccc(O)cc1)NC(=O)C(CCC(=O)O)NC(=O)C(N)Cc1c[nH]c2ccccc12)C(=O)O. The molecule has 0 aliphatic carbocycles. The molecule has 0 saturated heterocycles. The summed E-state index contributed by atoms with van der Waals surface area (Å²) >= 11 is 0. The van der Waals surface area contributed by atoms with Crippen LogP contribution >= 0.6 is 0 Å². The number of phenolic OH excluding ortho intramolecular Hbond substituents is 1. The molecule has 1 aromatic heterocycles. The van der Waals surface area contributed by atoms with Crippen LogP contribution < -0.4 is 27.4 Å². The Morgan fingerprint density at radius 2 is 1.42 bits per heavy atom. The lowest BCUT2D eigenvalue weighted by Gasteiger charge is -2.25. The minimum atomic E-state index is -1.36. The topological polar surface area (TPSA) is 250 Å². The summed E-state index contributed by atoms with van der Waals surface area (Å²) in [5, 5.41) is 37.0. The molecule has 0 spiro atoms. The van der Waals surface area contributed by atoms with Crippen LogP contribution in [-0.4, -0.2) is 80.7 Å². The van der Waals surface area contributed by atoms with Crippen molar-refractivity contribution in [3.8, 4) is 5.75 Å². The summed E-state index contributed by atoms with van der Waals surface area (Å²) in [5.41, 5.74) is 13.9. The number of phenols is 1. The Kier molecular flexibility index (Phi) is 12.9. The summed E-state index contributed by atoms with van der Waals surface area (Å²) in [6, 6.07) is 8.32. The van der Waals surface area contributed by atoms with Crippen molar-refractivity contribution in [2.45, 2.75) is 69.1 Å². The average Bonchev–Trinajstić information content (AvgIpc) is 3.41. The predicted molar refractivity (Wildman–Crippen MR) is 165 cm³/mol. The smallest absolute Gasteiger partial charge is 0.326 e. The number of nitrogens with two attached hydrogens (primary N) is 2. The van der Waals surface area contributed by atoms with Crippen LogP contribution in [0.15, 0.2) is 54.7 Å². The van der Waals surface area contributed by atoms with E-state index in [2.05, 4.69) is 20.9 Å². The number of para-hydroxylation sites is 1. The third kappa shape index (κ3) is 10.6. The van der Waals surface area contributed by atoms with Gasteiger partial charge >= 0.3 is 11.9 Å². The Morgan fingerprint density at radius 3 is 2.09 bits per heavy atom. The second-order valence-corrected chi connectivity index (χ2v) is 10.8. The number of aromatic amines is 1. The molecule has 3 amide bonds. The molecule has 0 aliphatic rings. The van der Waals surface area contributed by atoms with Gasteiger partial charge in [-0.05, 0) is 68.0 Å². The number of hydrogen-bond donors (Lipinski definition) is 9. The maximum atomic E-state index is 13.5. The van der Waals surface area contributed by atoms with E-state index in [0.717, 1.165) is 16.5 Å². The van der Waals surface area contributed by atoms with E-state index >= 15 is 0 Å². The van der Waals surface area contributed by atoms with Gasteiger partial charge in [-0.3, -0.25) is 19.2 Å². The van der Waals surface area contributed by atoms with Gasteiger partial charge in [0.1, 0.15) is 23.9 Å². The van der Waals surface area contributed by atoms with Gasteiger partial charge in [0.15, 0.2) is 0 Å². The van der Waals surface area contributed by atoms with E-state index in [9.17, 15) is 39.3 Å². The van der Waals surface area contributed by atoms with Gasteiger partial charge in [-0.15, -0.1) is 0 Å². The lowest BCUT2D eigenvalue weighted by molar-refractivity contribution is -0.142. The van der Waals surface area contributed by atoms with Crippen molar-refractivity contribution in [2.75, 3.05) is 6.54 Å². The molecule has 4 unspecified atom stereocenters. The number of carboxylic acids is 2. The van der Waals surface area contributed by atoms with Crippen LogP contribution in [0, 0.1) is 0 Å². The fraction of sp³-hybridized carbons (Fsp3) is 0.387. The van der Waals surface area contributed by atoms with Crippen LogP contribution in [0.3, 0.4) is 0 Å². The van der Waals surface area contributed by atoms with Crippen molar-refractivity contribution in [3.05, 3.63) is 65.9 Å². The molecule has 0 fully saturated rings. The van der Waals surface area contributed by atoms with Gasteiger partial charge in [0.25, 0.3) is 0 Å². The fourth-order valence-corrected chi connectivity index (χ4v) is 4.82. The van der Waals surface area contributed by atoms with Crippen LogP contribution in [0.4, 0.5) is 0 Å². The van der Waals surface area contributed by atoms with E-state index in [0.29, 0.717) is 24.9 Å². The minimum Gasteiger partial charge on any atom is -0.508 e. The molecule has 45 heavy (non-hydrogen) atoms. The Bertz CT molecular complexity index is 1470. The summed E-state index contributed by atoms with van der Waals surface area (Å²) < 4.78 is 0. The molecule has 14 nitrogen and oxygen atoms in total. The van der Waals surface area contributed by atoms with Crippen molar-refractivity contribution in [2.24, 2.45) is 11.5 Å². The number of hydrogen-bond acceptors (Lipinski definition) is 8. The molecule has 1 heterocycles. The number of unbranched alkanes of at least 4 members (excludes halogenated alkanes) is 1. The van der Waals surface area contributed by atoms with Gasteiger partial charge in [-0.1, -0.05) is 30.3 Å². The molecule has 2 aromatic carbocycles. The van der Waals surface area contributed by atoms with E-state index < -0.39 is 60.2 Å². The number of rotatable bonds is 18.